The summed E-state index contributed by atoms with van der Waals surface area (Å²) >= 11 is 7.26. The first-order chi connectivity index (χ1) is 7.72. The van der Waals surface area contributed by atoms with Crippen molar-refractivity contribution in [3.63, 3.8) is 0 Å². The van der Waals surface area contributed by atoms with Gasteiger partial charge in [-0.25, -0.2) is 14.4 Å². The van der Waals surface area contributed by atoms with Gasteiger partial charge in [0.2, 0.25) is 0 Å². The van der Waals surface area contributed by atoms with Gasteiger partial charge >= 0.3 is 0 Å². The second kappa shape index (κ2) is 7.01. The van der Waals surface area contributed by atoms with Gasteiger partial charge in [-0.05, 0) is 25.5 Å². The summed E-state index contributed by atoms with van der Waals surface area (Å²) in [6.45, 7) is -1.03. The lowest BCUT2D eigenvalue weighted by Crippen LogP contribution is -2.02. The van der Waals surface area contributed by atoms with E-state index >= 15 is 0 Å². The van der Waals surface area contributed by atoms with Crippen molar-refractivity contribution in [3.8, 4) is 0 Å². The molecule has 6 heteroatoms. The van der Waals surface area contributed by atoms with Gasteiger partial charge in [-0.2, -0.15) is 0 Å². The smallest absolute Gasteiger partial charge is 0.189 e. The fourth-order valence-electron chi connectivity index (χ4n) is 1.32. The Balaban J connectivity index is 2.88. The maximum absolute atomic E-state index is 12.8. The van der Waals surface area contributed by atoms with Gasteiger partial charge in [-0.1, -0.05) is 23.4 Å². The molecule has 90 valence electrons. The van der Waals surface area contributed by atoms with Crippen LogP contribution in [-0.4, -0.2) is 22.9 Å². The number of hydrogen-bond acceptors (Lipinski definition) is 3. The van der Waals surface area contributed by atoms with Crippen LogP contribution in [0, 0.1) is 0 Å². The summed E-state index contributed by atoms with van der Waals surface area (Å²) in [5.74, 6) is 0. The molecule has 1 rings (SSSR count). The highest BCUT2D eigenvalue weighted by Gasteiger charge is 2.12. The predicted octanol–water partition coefficient (Wildman–Crippen LogP) is 3.61. The first-order valence-corrected chi connectivity index (χ1v) is 6.54. The standard InChI is InChI=1S/C10H13ClF2N2S/c1-16-10-14-8(6-13)7(9(11)15-10)4-2-3-5-12/h2-6H2,1H3. The van der Waals surface area contributed by atoms with Crippen LogP contribution < -0.4 is 0 Å². The van der Waals surface area contributed by atoms with Crippen LogP contribution in [0.25, 0.3) is 0 Å². The number of rotatable bonds is 6. The molecule has 16 heavy (non-hydrogen) atoms. The van der Waals surface area contributed by atoms with E-state index in [1.165, 1.54) is 11.8 Å². The van der Waals surface area contributed by atoms with Crippen molar-refractivity contribution < 1.29 is 8.78 Å². The van der Waals surface area contributed by atoms with E-state index in [-0.39, 0.29) is 11.8 Å². The van der Waals surface area contributed by atoms with Gasteiger partial charge in [0.25, 0.3) is 0 Å². The van der Waals surface area contributed by atoms with E-state index in [1.807, 2.05) is 0 Å². The van der Waals surface area contributed by atoms with Crippen molar-refractivity contribution in [2.24, 2.45) is 0 Å². The molecular formula is C10H13ClF2N2S. The average molecular weight is 267 g/mol. The normalized spacial score (nSPS) is 10.8. The third-order valence-electron chi connectivity index (χ3n) is 2.14. The molecule has 0 saturated carbocycles. The van der Waals surface area contributed by atoms with E-state index in [2.05, 4.69) is 9.97 Å². The molecule has 0 fully saturated rings. The van der Waals surface area contributed by atoms with E-state index < -0.39 is 6.67 Å². The summed E-state index contributed by atoms with van der Waals surface area (Å²) in [5.41, 5.74) is 0.929. The van der Waals surface area contributed by atoms with Gasteiger partial charge in [-0.15, -0.1) is 0 Å². The Bertz CT molecular complexity index is 350. The molecule has 0 radical (unpaired) electrons. The molecule has 0 atom stereocenters. The molecular weight excluding hydrogens is 254 g/mol. The van der Waals surface area contributed by atoms with Crippen LogP contribution in [0.3, 0.4) is 0 Å². The minimum absolute atomic E-state index is 0.283. The number of unbranched alkanes of at least 4 members (excludes halogenated alkanes) is 1. The van der Waals surface area contributed by atoms with Crippen LogP contribution in [-0.2, 0) is 13.1 Å². The Morgan fingerprint density at radius 3 is 2.56 bits per heavy atom. The maximum atomic E-state index is 12.8. The highest BCUT2D eigenvalue weighted by atomic mass is 35.5. The summed E-state index contributed by atoms with van der Waals surface area (Å²) in [6, 6.07) is 0. The topological polar surface area (TPSA) is 25.8 Å². The lowest BCUT2D eigenvalue weighted by Gasteiger charge is -2.08. The molecule has 0 bridgehead atoms. The summed E-state index contributed by atoms with van der Waals surface area (Å²) in [6.07, 6.45) is 3.41. The Kier molecular flexibility index (Phi) is 5.98. The Morgan fingerprint density at radius 1 is 1.25 bits per heavy atom. The number of halogens is 3. The molecule has 0 aliphatic carbocycles. The molecule has 0 spiro atoms. The summed E-state index contributed by atoms with van der Waals surface area (Å²) < 4.78 is 24.7. The van der Waals surface area contributed by atoms with Crippen LogP contribution >= 0.6 is 23.4 Å². The molecule has 0 aliphatic rings. The van der Waals surface area contributed by atoms with Crippen molar-refractivity contribution in [2.45, 2.75) is 31.1 Å². The van der Waals surface area contributed by atoms with E-state index in [1.54, 1.807) is 6.26 Å². The minimum atomic E-state index is -0.666. The summed E-state index contributed by atoms with van der Waals surface area (Å²) in [7, 11) is 0. The van der Waals surface area contributed by atoms with Crippen molar-refractivity contribution >= 4 is 23.4 Å². The van der Waals surface area contributed by atoms with Crippen LogP contribution in [0.4, 0.5) is 8.78 Å². The van der Waals surface area contributed by atoms with Crippen LogP contribution in [0.2, 0.25) is 5.15 Å². The second-order valence-electron chi connectivity index (χ2n) is 3.21. The quantitative estimate of drug-likeness (QED) is 0.340. The monoisotopic (exact) mass is 266 g/mol. The Labute approximate surface area is 103 Å². The molecule has 0 aliphatic heterocycles. The molecule has 0 unspecified atom stereocenters. The van der Waals surface area contributed by atoms with Crippen LogP contribution in [0.1, 0.15) is 24.1 Å². The highest BCUT2D eigenvalue weighted by Crippen LogP contribution is 2.23. The molecule has 1 aromatic heterocycles. The zero-order valence-corrected chi connectivity index (χ0v) is 10.5. The largest absolute Gasteiger partial charge is 0.251 e. The fourth-order valence-corrected chi connectivity index (χ4v) is 2.04. The number of aromatic nitrogens is 2. The third kappa shape index (κ3) is 3.56. The Morgan fingerprint density at radius 2 is 2.00 bits per heavy atom. The third-order valence-corrected chi connectivity index (χ3v) is 3.00. The van der Waals surface area contributed by atoms with Gasteiger partial charge in [0.05, 0.1) is 12.4 Å². The van der Waals surface area contributed by atoms with Crippen molar-refractivity contribution in [1.82, 2.24) is 9.97 Å². The molecule has 2 nitrogen and oxygen atoms in total. The van der Waals surface area contributed by atoms with E-state index in [0.29, 0.717) is 35.7 Å². The van der Waals surface area contributed by atoms with Gasteiger partial charge in [-0.3, -0.25) is 4.39 Å². The van der Waals surface area contributed by atoms with Gasteiger partial charge in [0.15, 0.2) is 5.16 Å². The van der Waals surface area contributed by atoms with Gasteiger partial charge in [0.1, 0.15) is 11.8 Å². The molecule has 1 aromatic rings. The molecule has 0 amide bonds. The summed E-state index contributed by atoms with van der Waals surface area (Å²) in [4.78, 5) is 8.08. The zero-order chi connectivity index (χ0) is 12.0. The number of hydrogen-bond donors (Lipinski definition) is 0. The zero-order valence-electron chi connectivity index (χ0n) is 8.97. The second-order valence-corrected chi connectivity index (χ2v) is 4.34. The lowest BCUT2D eigenvalue weighted by molar-refractivity contribution is 0.454. The SMILES string of the molecule is CSc1nc(Cl)c(CCCCF)c(CF)n1. The summed E-state index contributed by atoms with van der Waals surface area (Å²) in [5, 5.41) is 0.748. The van der Waals surface area contributed by atoms with E-state index in [4.69, 9.17) is 11.6 Å². The van der Waals surface area contributed by atoms with Crippen molar-refractivity contribution in [2.75, 3.05) is 12.9 Å². The van der Waals surface area contributed by atoms with Crippen LogP contribution in [0.5, 0.6) is 0 Å². The van der Waals surface area contributed by atoms with E-state index in [0.717, 1.165) is 0 Å². The number of alkyl halides is 2. The first-order valence-electron chi connectivity index (χ1n) is 4.94. The fraction of sp³-hybridized carbons (Fsp3) is 0.600. The molecule has 0 N–H and O–H groups in total. The van der Waals surface area contributed by atoms with Crippen molar-refractivity contribution in [3.05, 3.63) is 16.4 Å². The molecule has 0 aromatic carbocycles. The molecule has 1 heterocycles. The maximum Gasteiger partial charge on any atom is 0.189 e. The molecule has 0 saturated heterocycles. The predicted molar refractivity (Wildman–Crippen MR) is 62.5 cm³/mol. The highest BCUT2D eigenvalue weighted by molar-refractivity contribution is 7.98. The number of thioether (sulfide) groups is 1. The van der Waals surface area contributed by atoms with Gasteiger partial charge in [0, 0.05) is 5.56 Å². The Hall–Kier alpha value is -0.420. The van der Waals surface area contributed by atoms with Crippen molar-refractivity contribution in [1.29, 1.82) is 0 Å². The van der Waals surface area contributed by atoms with Crippen LogP contribution in [0.15, 0.2) is 5.16 Å². The average Bonchev–Trinajstić information content (AvgIpc) is 2.30. The number of nitrogens with zero attached hydrogens (tertiary/aromatic N) is 2. The van der Waals surface area contributed by atoms with Gasteiger partial charge < -0.3 is 0 Å². The first kappa shape index (κ1) is 13.6. The minimum Gasteiger partial charge on any atom is -0.251 e. The lowest BCUT2D eigenvalue weighted by atomic mass is 10.1. The van der Waals surface area contributed by atoms with E-state index in [9.17, 15) is 8.78 Å².